The molecule has 1 saturated heterocycles. The average Bonchev–Trinajstić information content (AvgIpc) is 2.70. The second-order valence-corrected chi connectivity index (χ2v) is 4.79. The van der Waals surface area contributed by atoms with Crippen LogP contribution in [0.5, 0.6) is 11.5 Å². The first-order chi connectivity index (χ1) is 9.74. The summed E-state index contributed by atoms with van der Waals surface area (Å²) < 4.78 is 10.9. The topological polar surface area (TPSA) is 67.9 Å². The second kappa shape index (κ2) is 5.40. The lowest BCUT2D eigenvalue weighted by Crippen LogP contribution is -2.37. The molecule has 0 atom stereocenters. The van der Waals surface area contributed by atoms with Crippen LogP contribution >= 0.6 is 0 Å². The summed E-state index contributed by atoms with van der Waals surface area (Å²) in [5.41, 5.74) is 0.518. The molecule has 1 aromatic rings. The molecule has 2 heterocycles. The van der Waals surface area contributed by atoms with Crippen molar-refractivity contribution in [2.24, 2.45) is 0 Å². The Morgan fingerprint density at radius 3 is 2.85 bits per heavy atom. The molecular formula is C14H16N2O4. The molecule has 0 aromatic heterocycles. The summed E-state index contributed by atoms with van der Waals surface area (Å²) in [6.45, 7) is 2.30. The monoisotopic (exact) mass is 276 g/mol. The average molecular weight is 276 g/mol. The number of benzene rings is 1. The number of amides is 2. The third-order valence-corrected chi connectivity index (χ3v) is 3.34. The van der Waals surface area contributed by atoms with Crippen molar-refractivity contribution < 1.29 is 19.1 Å². The van der Waals surface area contributed by atoms with Crippen LogP contribution in [0.1, 0.15) is 16.8 Å². The van der Waals surface area contributed by atoms with Crippen molar-refractivity contribution in [2.75, 3.05) is 32.8 Å². The lowest BCUT2D eigenvalue weighted by molar-refractivity contribution is -0.121. The Kier molecular flexibility index (Phi) is 3.45. The maximum Gasteiger partial charge on any atom is 0.254 e. The summed E-state index contributed by atoms with van der Waals surface area (Å²) >= 11 is 0. The minimum absolute atomic E-state index is 0.104. The van der Waals surface area contributed by atoms with Crippen molar-refractivity contribution in [3.05, 3.63) is 23.8 Å². The van der Waals surface area contributed by atoms with Crippen LogP contribution in [0.15, 0.2) is 18.2 Å². The van der Waals surface area contributed by atoms with Crippen molar-refractivity contribution in [3.8, 4) is 11.5 Å². The van der Waals surface area contributed by atoms with E-state index in [1.165, 1.54) is 0 Å². The number of fused-ring (bicyclic) bond motifs is 1. The van der Waals surface area contributed by atoms with Crippen LogP contribution in [-0.4, -0.2) is 49.6 Å². The predicted octanol–water partition coefficient (Wildman–Crippen LogP) is 0.420. The zero-order chi connectivity index (χ0) is 13.9. The van der Waals surface area contributed by atoms with Gasteiger partial charge in [0, 0.05) is 18.7 Å². The lowest BCUT2D eigenvalue weighted by atomic mass is 10.1. The fourth-order valence-corrected chi connectivity index (χ4v) is 2.34. The molecule has 2 aliphatic heterocycles. The standard InChI is InChI=1S/C14H16N2O4/c17-13-9-16(5-1-4-15-13)14(18)10-2-3-11-12(8-10)20-7-6-19-11/h2-3,8H,1,4-7,9H2,(H,15,17). The Morgan fingerprint density at radius 1 is 1.20 bits per heavy atom. The van der Waals surface area contributed by atoms with Gasteiger partial charge in [0.05, 0.1) is 6.54 Å². The number of rotatable bonds is 1. The highest BCUT2D eigenvalue weighted by Crippen LogP contribution is 2.31. The third-order valence-electron chi connectivity index (χ3n) is 3.34. The van der Waals surface area contributed by atoms with Crippen LogP contribution in [0.2, 0.25) is 0 Å². The minimum atomic E-state index is -0.154. The number of nitrogens with one attached hydrogen (secondary N) is 1. The highest BCUT2D eigenvalue weighted by molar-refractivity contribution is 5.97. The quantitative estimate of drug-likeness (QED) is 0.807. The van der Waals surface area contributed by atoms with Gasteiger partial charge in [-0.15, -0.1) is 0 Å². The molecule has 6 heteroatoms. The number of nitrogens with zero attached hydrogens (tertiary/aromatic N) is 1. The lowest BCUT2D eigenvalue weighted by Gasteiger charge is -2.21. The van der Waals surface area contributed by atoms with Crippen molar-refractivity contribution in [1.82, 2.24) is 10.2 Å². The summed E-state index contributed by atoms with van der Waals surface area (Å²) in [6, 6.07) is 5.12. The molecule has 2 amide bonds. The number of carbonyl (C=O) groups excluding carboxylic acids is 2. The van der Waals surface area contributed by atoms with E-state index in [1.807, 2.05) is 0 Å². The molecule has 1 N–H and O–H groups in total. The van der Waals surface area contributed by atoms with Crippen molar-refractivity contribution in [3.63, 3.8) is 0 Å². The Hall–Kier alpha value is -2.24. The van der Waals surface area contributed by atoms with E-state index in [0.717, 1.165) is 6.42 Å². The first-order valence-corrected chi connectivity index (χ1v) is 6.70. The maximum absolute atomic E-state index is 12.4. The zero-order valence-electron chi connectivity index (χ0n) is 11.1. The number of carbonyl (C=O) groups is 2. The minimum Gasteiger partial charge on any atom is -0.486 e. The molecule has 0 saturated carbocycles. The highest BCUT2D eigenvalue weighted by Gasteiger charge is 2.22. The van der Waals surface area contributed by atoms with Crippen LogP contribution < -0.4 is 14.8 Å². The summed E-state index contributed by atoms with van der Waals surface area (Å²) in [4.78, 5) is 25.5. The Balaban J connectivity index is 1.80. The highest BCUT2D eigenvalue weighted by atomic mass is 16.6. The predicted molar refractivity (Wildman–Crippen MR) is 71.0 cm³/mol. The molecule has 20 heavy (non-hydrogen) atoms. The molecule has 6 nitrogen and oxygen atoms in total. The van der Waals surface area contributed by atoms with Crippen LogP contribution in [0.3, 0.4) is 0 Å². The second-order valence-electron chi connectivity index (χ2n) is 4.79. The van der Waals surface area contributed by atoms with Gasteiger partial charge in [-0.05, 0) is 24.6 Å². The molecule has 0 aliphatic carbocycles. The molecule has 0 radical (unpaired) electrons. The molecule has 0 spiro atoms. The van der Waals surface area contributed by atoms with Crippen LogP contribution in [0.4, 0.5) is 0 Å². The molecule has 1 aromatic carbocycles. The Labute approximate surface area is 116 Å². The largest absolute Gasteiger partial charge is 0.486 e. The summed E-state index contributed by atoms with van der Waals surface area (Å²) in [5, 5.41) is 2.75. The summed E-state index contributed by atoms with van der Waals surface area (Å²) in [7, 11) is 0. The van der Waals surface area contributed by atoms with Gasteiger partial charge in [0.2, 0.25) is 5.91 Å². The van der Waals surface area contributed by atoms with Gasteiger partial charge in [-0.3, -0.25) is 9.59 Å². The first-order valence-electron chi connectivity index (χ1n) is 6.70. The van der Waals surface area contributed by atoms with Crippen molar-refractivity contribution in [2.45, 2.75) is 6.42 Å². The molecule has 106 valence electrons. The van der Waals surface area contributed by atoms with Gasteiger partial charge in [-0.1, -0.05) is 0 Å². The van der Waals surface area contributed by atoms with Crippen LogP contribution in [0.25, 0.3) is 0 Å². The smallest absolute Gasteiger partial charge is 0.254 e. The van der Waals surface area contributed by atoms with E-state index < -0.39 is 0 Å². The molecule has 1 fully saturated rings. The van der Waals surface area contributed by atoms with Crippen molar-refractivity contribution >= 4 is 11.8 Å². The van der Waals surface area contributed by atoms with E-state index >= 15 is 0 Å². The molecule has 0 bridgehead atoms. The molecule has 3 rings (SSSR count). The number of hydrogen-bond donors (Lipinski definition) is 1. The number of hydrogen-bond acceptors (Lipinski definition) is 4. The Bertz CT molecular complexity index is 544. The third kappa shape index (κ3) is 2.54. The normalized spacial score (nSPS) is 18.2. The molecular weight excluding hydrogens is 260 g/mol. The van der Waals surface area contributed by atoms with E-state index in [9.17, 15) is 9.59 Å². The van der Waals surface area contributed by atoms with E-state index in [4.69, 9.17) is 9.47 Å². The van der Waals surface area contributed by atoms with Gasteiger partial charge in [-0.25, -0.2) is 0 Å². The summed E-state index contributed by atoms with van der Waals surface area (Å²) in [5.74, 6) is 0.968. The van der Waals surface area contributed by atoms with E-state index in [0.29, 0.717) is 43.4 Å². The van der Waals surface area contributed by atoms with Gasteiger partial charge in [0.25, 0.3) is 5.91 Å². The maximum atomic E-state index is 12.4. The van der Waals surface area contributed by atoms with Gasteiger partial charge >= 0.3 is 0 Å². The van der Waals surface area contributed by atoms with E-state index in [2.05, 4.69) is 5.32 Å². The Morgan fingerprint density at radius 2 is 2.00 bits per heavy atom. The van der Waals surface area contributed by atoms with Gasteiger partial charge in [0.1, 0.15) is 13.2 Å². The first kappa shape index (κ1) is 12.8. The van der Waals surface area contributed by atoms with Gasteiger partial charge < -0.3 is 19.7 Å². The van der Waals surface area contributed by atoms with Crippen LogP contribution in [0, 0.1) is 0 Å². The van der Waals surface area contributed by atoms with E-state index in [1.54, 1.807) is 23.1 Å². The van der Waals surface area contributed by atoms with E-state index in [-0.39, 0.29) is 18.4 Å². The van der Waals surface area contributed by atoms with Crippen molar-refractivity contribution in [1.29, 1.82) is 0 Å². The van der Waals surface area contributed by atoms with Gasteiger partial charge in [0.15, 0.2) is 11.5 Å². The fraction of sp³-hybridized carbons (Fsp3) is 0.429. The molecule has 2 aliphatic rings. The summed E-state index contributed by atoms with van der Waals surface area (Å²) in [6.07, 6.45) is 0.766. The number of ether oxygens (including phenoxy) is 2. The SMILES string of the molecule is O=C1CN(C(=O)c2ccc3c(c2)OCCO3)CCCN1. The fourth-order valence-electron chi connectivity index (χ4n) is 2.34. The molecule has 0 unspecified atom stereocenters. The van der Waals surface area contributed by atoms with Gasteiger partial charge in [-0.2, -0.15) is 0 Å². The van der Waals surface area contributed by atoms with Crippen LogP contribution in [-0.2, 0) is 4.79 Å². The zero-order valence-corrected chi connectivity index (χ0v) is 11.1.